The number of piperidine rings is 1. The highest BCUT2D eigenvalue weighted by molar-refractivity contribution is 5.80. The fraction of sp³-hybridized carbons (Fsp3) is 0.600. The van der Waals surface area contributed by atoms with Crippen LogP contribution in [0.4, 0.5) is 8.78 Å². The van der Waals surface area contributed by atoms with Gasteiger partial charge in [0.15, 0.2) is 5.96 Å². The van der Waals surface area contributed by atoms with E-state index in [2.05, 4.69) is 20.5 Å². The number of rotatable bonds is 6. The van der Waals surface area contributed by atoms with E-state index in [0.29, 0.717) is 24.8 Å². The van der Waals surface area contributed by atoms with Crippen LogP contribution in [-0.4, -0.2) is 69.5 Å². The number of hydrogen-bond acceptors (Lipinski definition) is 3. The van der Waals surface area contributed by atoms with Crippen LogP contribution in [0.2, 0.25) is 0 Å². The molecule has 1 heterocycles. The zero-order valence-electron chi connectivity index (χ0n) is 17.1. The van der Waals surface area contributed by atoms with E-state index in [9.17, 15) is 13.6 Å². The van der Waals surface area contributed by atoms with Gasteiger partial charge in [0.25, 0.3) is 0 Å². The molecule has 1 unspecified atom stereocenters. The molecule has 2 N–H and O–H groups in total. The summed E-state index contributed by atoms with van der Waals surface area (Å²) in [4.78, 5) is 19.8. The fourth-order valence-electron chi connectivity index (χ4n) is 3.61. The lowest BCUT2D eigenvalue weighted by Crippen LogP contribution is -2.48. The SMILES string of the molecule is CN=C(NCC(c1c(F)cccc1F)N(C)C)N1CCC(CC(=O)NC)CC1. The quantitative estimate of drug-likeness (QED) is 0.571. The van der Waals surface area contributed by atoms with E-state index in [4.69, 9.17) is 0 Å². The van der Waals surface area contributed by atoms with Crippen LogP contribution in [0.25, 0.3) is 0 Å². The van der Waals surface area contributed by atoms with Gasteiger partial charge in [-0.2, -0.15) is 0 Å². The minimum Gasteiger partial charge on any atom is -0.359 e. The van der Waals surface area contributed by atoms with Crippen LogP contribution in [0.15, 0.2) is 23.2 Å². The van der Waals surface area contributed by atoms with Gasteiger partial charge in [-0.15, -0.1) is 0 Å². The molecular weight excluding hydrogens is 364 g/mol. The van der Waals surface area contributed by atoms with Gasteiger partial charge in [-0.1, -0.05) is 6.07 Å². The molecule has 2 rings (SSSR count). The van der Waals surface area contributed by atoms with E-state index >= 15 is 0 Å². The van der Waals surface area contributed by atoms with Gasteiger partial charge >= 0.3 is 0 Å². The lowest BCUT2D eigenvalue weighted by molar-refractivity contribution is -0.121. The van der Waals surface area contributed by atoms with Crippen LogP contribution in [-0.2, 0) is 4.79 Å². The van der Waals surface area contributed by atoms with Crippen LogP contribution in [0, 0.1) is 17.6 Å². The second-order valence-electron chi connectivity index (χ2n) is 7.35. The average Bonchev–Trinajstić information content (AvgIpc) is 2.67. The van der Waals surface area contributed by atoms with Crippen molar-refractivity contribution in [3.63, 3.8) is 0 Å². The topological polar surface area (TPSA) is 60.0 Å². The molecule has 1 atom stereocenters. The highest BCUT2D eigenvalue weighted by Crippen LogP contribution is 2.24. The Labute approximate surface area is 166 Å². The summed E-state index contributed by atoms with van der Waals surface area (Å²) in [5.41, 5.74) is 0.0553. The van der Waals surface area contributed by atoms with Crippen molar-refractivity contribution in [3.8, 4) is 0 Å². The number of benzene rings is 1. The number of halogens is 2. The maximum absolute atomic E-state index is 14.2. The number of carbonyl (C=O) groups excluding carboxylic acids is 1. The predicted octanol–water partition coefficient (Wildman–Crippen LogP) is 1.99. The van der Waals surface area contributed by atoms with Crippen molar-refractivity contribution in [1.82, 2.24) is 20.4 Å². The molecule has 6 nitrogen and oxygen atoms in total. The summed E-state index contributed by atoms with van der Waals surface area (Å²) in [6, 6.07) is 3.46. The van der Waals surface area contributed by atoms with Crippen molar-refractivity contribution < 1.29 is 13.6 Å². The Morgan fingerprint density at radius 2 is 1.89 bits per heavy atom. The predicted molar refractivity (Wildman–Crippen MR) is 107 cm³/mol. The van der Waals surface area contributed by atoms with Gasteiger partial charge in [0.2, 0.25) is 5.91 Å². The Morgan fingerprint density at radius 1 is 1.29 bits per heavy atom. The van der Waals surface area contributed by atoms with E-state index < -0.39 is 17.7 Å². The Balaban J connectivity index is 1.98. The summed E-state index contributed by atoms with van der Waals surface area (Å²) in [6.45, 7) is 1.92. The van der Waals surface area contributed by atoms with Gasteiger partial charge in [0.1, 0.15) is 11.6 Å². The van der Waals surface area contributed by atoms with E-state index in [-0.39, 0.29) is 11.5 Å². The smallest absolute Gasteiger partial charge is 0.220 e. The summed E-state index contributed by atoms with van der Waals surface area (Å²) < 4.78 is 28.5. The third-order valence-electron chi connectivity index (χ3n) is 5.29. The molecular formula is C20H31F2N5O. The second kappa shape index (κ2) is 10.4. The van der Waals surface area contributed by atoms with Gasteiger partial charge in [0, 0.05) is 45.7 Å². The maximum atomic E-state index is 14.2. The first-order chi connectivity index (χ1) is 13.4. The minimum absolute atomic E-state index is 0.0553. The van der Waals surface area contributed by atoms with Gasteiger partial charge in [-0.05, 0) is 45.0 Å². The van der Waals surface area contributed by atoms with Gasteiger partial charge in [0.05, 0.1) is 6.04 Å². The average molecular weight is 395 g/mol. The first kappa shape index (κ1) is 22.1. The highest BCUT2D eigenvalue weighted by atomic mass is 19.1. The highest BCUT2D eigenvalue weighted by Gasteiger charge is 2.26. The van der Waals surface area contributed by atoms with Gasteiger partial charge in [-0.25, -0.2) is 8.78 Å². The summed E-state index contributed by atoms with van der Waals surface area (Å²) >= 11 is 0. The molecule has 1 amide bonds. The lowest BCUT2D eigenvalue weighted by atomic mass is 9.93. The normalized spacial score (nSPS) is 17.0. The molecule has 1 fully saturated rings. The lowest BCUT2D eigenvalue weighted by Gasteiger charge is -2.35. The first-order valence-corrected chi connectivity index (χ1v) is 9.63. The van der Waals surface area contributed by atoms with Crippen molar-refractivity contribution in [2.75, 3.05) is 47.8 Å². The molecule has 0 bridgehead atoms. The number of hydrogen-bond donors (Lipinski definition) is 2. The molecule has 8 heteroatoms. The van der Waals surface area contributed by atoms with Crippen molar-refractivity contribution >= 4 is 11.9 Å². The first-order valence-electron chi connectivity index (χ1n) is 9.63. The van der Waals surface area contributed by atoms with Crippen molar-refractivity contribution in [2.24, 2.45) is 10.9 Å². The van der Waals surface area contributed by atoms with Gasteiger partial charge in [-0.3, -0.25) is 9.79 Å². The molecule has 0 aromatic heterocycles. The Kier molecular flexibility index (Phi) is 8.17. The number of guanidine groups is 1. The molecule has 28 heavy (non-hydrogen) atoms. The number of likely N-dealkylation sites (tertiary alicyclic amines) is 1. The monoisotopic (exact) mass is 395 g/mol. The van der Waals surface area contributed by atoms with E-state index in [0.717, 1.165) is 25.9 Å². The van der Waals surface area contributed by atoms with Gasteiger partial charge < -0.3 is 20.4 Å². The molecule has 0 aliphatic carbocycles. The summed E-state index contributed by atoms with van der Waals surface area (Å²) in [5.74, 6) is 0.0519. The van der Waals surface area contributed by atoms with Crippen LogP contribution in [0.3, 0.4) is 0 Å². The molecule has 1 saturated heterocycles. The molecule has 1 aliphatic rings. The van der Waals surface area contributed by atoms with E-state index in [1.165, 1.54) is 18.2 Å². The Hall–Kier alpha value is -2.22. The number of carbonyl (C=O) groups is 1. The number of aliphatic imine (C=N–C) groups is 1. The molecule has 1 aromatic rings. The maximum Gasteiger partial charge on any atom is 0.220 e. The molecule has 156 valence electrons. The minimum atomic E-state index is -0.550. The van der Waals surface area contributed by atoms with E-state index in [1.54, 1.807) is 33.1 Å². The number of nitrogens with one attached hydrogen (secondary N) is 2. The zero-order valence-corrected chi connectivity index (χ0v) is 17.1. The number of likely N-dealkylation sites (N-methyl/N-ethyl adjacent to an activating group) is 1. The molecule has 1 aromatic carbocycles. The third-order valence-corrected chi connectivity index (χ3v) is 5.29. The van der Waals surface area contributed by atoms with Crippen LogP contribution in [0.5, 0.6) is 0 Å². The van der Waals surface area contributed by atoms with Crippen LogP contribution in [0.1, 0.15) is 30.9 Å². The van der Waals surface area contributed by atoms with Crippen LogP contribution >= 0.6 is 0 Å². The van der Waals surface area contributed by atoms with Crippen molar-refractivity contribution in [3.05, 3.63) is 35.4 Å². The summed E-state index contributed by atoms with van der Waals surface area (Å²) in [6.07, 6.45) is 2.37. The third kappa shape index (κ3) is 5.64. The second-order valence-corrected chi connectivity index (χ2v) is 7.35. The fourth-order valence-corrected chi connectivity index (χ4v) is 3.61. The van der Waals surface area contributed by atoms with Crippen LogP contribution < -0.4 is 10.6 Å². The molecule has 0 saturated carbocycles. The zero-order chi connectivity index (χ0) is 20.7. The van der Waals surface area contributed by atoms with E-state index in [1.807, 2.05) is 0 Å². The van der Waals surface area contributed by atoms with Crippen molar-refractivity contribution in [2.45, 2.75) is 25.3 Å². The molecule has 1 aliphatic heterocycles. The largest absolute Gasteiger partial charge is 0.359 e. The Bertz CT molecular complexity index is 667. The number of amides is 1. The Morgan fingerprint density at radius 3 is 2.39 bits per heavy atom. The number of nitrogens with zero attached hydrogens (tertiary/aromatic N) is 3. The molecule has 0 spiro atoms. The summed E-state index contributed by atoms with van der Waals surface area (Å²) in [5, 5.41) is 5.93. The molecule has 0 radical (unpaired) electrons. The van der Waals surface area contributed by atoms with Crippen molar-refractivity contribution in [1.29, 1.82) is 0 Å². The summed E-state index contributed by atoms with van der Waals surface area (Å²) in [7, 11) is 6.95. The standard InChI is InChI=1S/C20H31F2N5O/c1-23-18(28)12-14-8-10-27(11-9-14)20(24-2)25-13-17(26(3)4)19-15(21)6-5-7-16(19)22/h5-7,14,17H,8-13H2,1-4H3,(H,23,28)(H,24,25).